The number of carbonyl (C=O) groups excluding carboxylic acids is 1. The summed E-state index contributed by atoms with van der Waals surface area (Å²) in [6.45, 7) is 0.987. The lowest BCUT2D eigenvalue weighted by atomic mass is 9.88. The number of rotatable bonds is 4. The molecule has 1 heterocycles. The van der Waals surface area contributed by atoms with Crippen LogP contribution in [0.25, 0.3) is 0 Å². The van der Waals surface area contributed by atoms with E-state index >= 15 is 0 Å². The van der Waals surface area contributed by atoms with Gasteiger partial charge in [0, 0.05) is 11.9 Å². The molecule has 90 valence electrons. The molecule has 0 fully saturated rings. The van der Waals surface area contributed by atoms with E-state index in [4.69, 9.17) is 10.00 Å². The van der Waals surface area contributed by atoms with Crippen LogP contribution >= 0.6 is 11.3 Å². The van der Waals surface area contributed by atoms with Crippen molar-refractivity contribution in [2.75, 3.05) is 19.0 Å². The van der Waals surface area contributed by atoms with Crippen LogP contribution in [0.1, 0.15) is 22.4 Å². The second-order valence-electron chi connectivity index (χ2n) is 4.11. The van der Waals surface area contributed by atoms with Crippen LogP contribution in [-0.2, 0) is 22.4 Å². The van der Waals surface area contributed by atoms with E-state index in [2.05, 4.69) is 11.4 Å². The van der Waals surface area contributed by atoms with Gasteiger partial charge in [0.15, 0.2) is 0 Å². The van der Waals surface area contributed by atoms with Gasteiger partial charge in [-0.05, 0) is 30.7 Å². The number of ether oxygens (including phenoxy) is 1. The maximum absolute atomic E-state index is 10.2. The first-order chi connectivity index (χ1) is 8.30. The number of hydrogen-bond donors (Lipinski definition) is 1. The molecule has 0 aliphatic heterocycles. The fourth-order valence-corrected chi connectivity index (χ4v) is 3.53. The molecule has 1 aliphatic carbocycles. The zero-order chi connectivity index (χ0) is 12.3. The molecule has 0 aromatic carbocycles. The molecule has 1 aromatic heterocycles. The average molecular weight is 250 g/mol. The van der Waals surface area contributed by atoms with E-state index in [0.29, 0.717) is 19.0 Å². The fraction of sp³-hybridized carbons (Fsp3) is 0.500. The Morgan fingerprint density at radius 2 is 2.53 bits per heavy atom. The number of hydrogen-bond acceptors (Lipinski definition) is 5. The predicted octanol–water partition coefficient (Wildman–Crippen LogP) is 1.94. The summed E-state index contributed by atoms with van der Waals surface area (Å²) in [6, 6.07) is 2.27. The van der Waals surface area contributed by atoms with Gasteiger partial charge < -0.3 is 10.1 Å². The van der Waals surface area contributed by atoms with Crippen molar-refractivity contribution in [3.63, 3.8) is 0 Å². The molecule has 1 atom stereocenters. The van der Waals surface area contributed by atoms with Crippen LogP contribution in [0.15, 0.2) is 0 Å². The zero-order valence-electron chi connectivity index (χ0n) is 9.66. The van der Waals surface area contributed by atoms with Gasteiger partial charge in [0.05, 0.1) is 12.2 Å². The first-order valence-electron chi connectivity index (χ1n) is 5.57. The highest BCUT2D eigenvalue weighted by molar-refractivity contribution is 7.16. The summed E-state index contributed by atoms with van der Waals surface area (Å²) in [6.07, 6.45) is 2.79. The predicted molar refractivity (Wildman–Crippen MR) is 66.1 cm³/mol. The molecule has 1 aromatic rings. The quantitative estimate of drug-likeness (QED) is 0.829. The number of nitrogens with one attached hydrogen (secondary N) is 1. The molecule has 0 bridgehead atoms. The lowest BCUT2D eigenvalue weighted by Gasteiger charge is -2.20. The molecule has 5 heteroatoms. The molecular formula is C12H14N2O2S. The monoisotopic (exact) mass is 250 g/mol. The van der Waals surface area contributed by atoms with E-state index in [-0.39, 0.29) is 0 Å². The van der Waals surface area contributed by atoms with Crippen LogP contribution in [0, 0.1) is 17.2 Å². The van der Waals surface area contributed by atoms with E-state index in [1.807, 2.05) is 7.05 Å². The highest BCUT2D eigenvalue weighted by Gasteiger charge is 2.25. The number of thiophene rings is 1. The Morgan fingerprint density at radius 1 is 1.71 bits per heavy atom. The lowest BCUT2D eigenvalue weighted by Crippen LogP contribution is -2.18. The summed E-state index contributed by atoms with van der Waals surface area (Å²) >= 11 is 1.65. The van der Waals surface area contributed by atoms with Gasteiger partial charge in [0.25, 0.3) is 6.47 Å². The van der Waals surface area contributed by atoms with Crippen molar-refractivity contribution in [3.05, 3.63) is 16.0 Å². The molecule has 0 spiro atoms. The van der Waals surface area contributed by atoms with Crippen molar-refractivity contribution < 1.29 is 9.53 Å². The van der Waals surface area contributed by atoms with Crippen LogP contribution in [-0.4, -0.2) is 20.1 Å². The SMILES string of the molecule is CNc1sc2c(c1C#N)CCC(COC=O)C2. The van der Waals surface area contributed by atoms with Crippen LogP contribution in [0.3, 0.4) is 0 Å². The highest BCUT2D eigenvalue weighted by atomic mass is 32.1. The average Bonchev–Trinajstić information content (AvgIpc) is 2.72. The van der Waals surface area contributed by atoms with E-state index in [1.54, 1.807) is 11.3 Å². The minimum atomic E-state index is 0.391. The maximum Gasteiger partial charge on any atom is 0.293 e. The van der Waals surface area contributed by atoms with Gasteiger partial charge in [-0.3, -0.25) is 4.79 Å². The van der Waals surface area contributed by atoms with Gasteiger partial charge in [-0.2, -0.15) is 5.26 Å². The zero-order valence-corrected chi connectivity index (χ0v) is 10.5. The third-order valence-electron chi connectivity index (χ3n) is 3.11. The number of fused-ring (bicyclic) bond motifs is 1. The van der Waals surface area contributed by atoms with Crippen molar-refractivity contribution in [3.8, 4) is 6.07 Å². The molecule has 17 heavy (non-hydrogen) atoms. The second kappa shape index (κ2) is 5.19. The van der Waals surface area contributed by atoms with Gasteiger partial charge in [-0.1, -0.05) is 0 Å². The first kappa shape index (κ1) is 11.9. The van der Waals surface area contributed by atoms with Crippen molar-refractivity contribution in [1.82, 2.24) is 0 Å². The first-order valence-corrected chi connectivity index (χ1v) is 6.39. The van der Waals surface area contributed by atoms with Crippen molar-refractivity contribution in [1.29, 1.82) is 5.26 Å². The Labute approximate surface area is 104 Å². The Hall–Kier alpha value is -1.54. The molecular weight excluding hydrogens is 236 g/mol. The van der Waals surface area contributed by atoms with Gasteiger partial charge in [0.1, 0.15) is 11.1 Å². The van der Waals surface area contributed by atoms with Crippen molar-refractivity contribution in [2.45, 2.75) is 19.3 Å². The fourth-order valence-electron chi connectivity index (χ4n) is 2.27. The molecule has 0 amide bonds. The highest BCUT2D eigenvalue weighted by Crippen LogP contribution is 2.38. The Morgan fingerprint density at radius 3 is 3.18 bits per heavy atom. The van der Waals surface area contributed by atoms with E-state index in [0.717, 1.165) is 29.8 Å². The number of nitrogens with zero attached hydrogens (tertiary/aromatic N) is 1. The molecule has 0 saturated heterocycles. The van der Waals surface area contributed by atoms with Crippen LogP contribution in [0.5, 0.6) is 0 Å². The van der Waals surface area contributed by atoms with Crippen molar-refractivity contribution >= 4 is 22.8 Å². The Kier molecular flexibility index (Phi) is 3.64. The van der Waals surface area contributed by atoms with Gasteiger partial charge in [0.2, 0.25) is 0 Å². The maximum atomic E-state index is 10.2. The van der Waals surface area contributed by atoms with Crippen molar-refractivity contribution in [2.24, 2.45) is 5.92 Å². The third-order valence-corrected chi connectivity index (χ3v) is 4.38. The van der Waals surface area contributed by atoms with Gasteiger partial charge in [-0.25, -0.2) is 0 Å². The number of carbonyl (C=O) groups is 1. The van der Waals surface area contributed by atoms with Crippen LogP contribution < -0.4 is 5.32 Å². The molecule has 1 aliphatic rings. The normalized spacial score (nSPS) is 18.0. The smallest absolute Gasteiger partial charge is 0.293 e. The summed E-state index contributed by atoms with van der Waals surface area (Å²) in [5.74, 6) is 0.391. The van der Waals surface area contributed by atoms with E-state index < -0.39 is 0 Å². The molecule has 1 N–H and O–H groups in total. The minimum absolute atomic E-state index is 0.391. The molecule has 4 nitrogen and oxygen atoms in total. The summed E-state index contributed by atoms with van der Waals surface area (Å²) in [7, 11) is 1.84. The topological polar surface area (TPSA) is 62.1 Å². The van der Waals surface area contributed by atoms with E-state index in [9.17, 15) is 4.79 Å². The number of nitriles is 1. The third kappa shape index (κ3) is 2.27. The Balaban J connectivity index is 2.19. The largest absolute Gasteiger partial charge is 0.468 e. The van der Waals surface area contributed by atoms with Crippen LogP contribution in [0.2, 0.25) is 0 Å². The van der Waals surface area contributed by atoms with Crippen LogP contribution in [0.4, 0.5) is 5.00 Å². The molecule has 2 rings (SSSR count). The van der Waals surface area contributed by atoms with Gasteiger partial charge >= 0.3 is 0 Å². The molecule has 0 radical (unpaired) electrons. The van der Waals surface area contributed by atoms with E-state index in [1.165, 1.54) is 10.4 Å². The molecule has 1 unspecified atom stereocenters. The second-order valence-corrected chi connectivity index (χ2v) is 5.21. The summed E-state index contributed by atoms with van der Waals surface area (Å²) in [5, 5.41) is 13.2. The standard InChI is InChI=1S/C12H14N2O2S/c1-14-12-10(5-13)9-3-2-8(6-16-7-15)4-11(9)17-12/h7-8,14H,2-4,6H2,1H3. The summed E-state index contributed by atoms with van der Waals surface area (Å²) in [4.78, 5) is 11.4. The summed E-state index contributed by atoms with van der Waals surface area (Å²) in [5.41, 5.74) is 1.98. The van der Waals surface area contributed by atoms with Gasteiger partial charge in [-0.15, -0.1) is 11.3 Å². The summed E-state index contributed by atoms with van der Waals surface area (Å²) < 4.78 is 4.82. The Bertz CT molecular complexity index is 462. The molecule has 0 saturated carbocycles. The number of anilines is 1. The minimum Gasteiger partial charge on any atom is -0.468 e. The lowest BCUT2D eigenvalue weighted by molar-refractivity contribution is -0.130.